The highest BCUT2D eigenvalue weighted by Crippen LogP contribution is 2.19. The van der Waals surface area contributed by atoms with Crippen molar-refractivity contribution in [1.82, 2.24) is 4.90 Å². The van der Waals surface area contributed by atoms with Gasteiger partial charge in [0.25, 0.3) is 0 Å². The summed E-state index contributed by atoms with van der Waals surface area (Å²) in [5, 5.41) is 11.2. The van der Waals surface area contributed by atoms with Crippen molar-refractivity contribution in [3.63, 3.8) is 0 Å². The van der Waals surface area contributed by atoms with Gasteiger partial charge in [-0.15, -0.1) is 6.42 Å². The number of amides is 2. The van der Waals surface area contributed by atoms with Crippen molar-refractivity contribution >= 4 is 17.7 Å². The Hall–Kier alpha value is -2.55. The van der Waals surface area contributed by atoms with Gasteiger partial charge in [0.05, 0.1) is 12.2 Å². The van der Waals surface area contributed by atoms with E-state index in [9.17, 15) is 14.0 Å². The molecule has 0 aliphatic carbocycles. The van der Waals surface area contributed by atoms with Crippen molar-refractivity contribution < 1.29 is 19.1 Å². The molecular formula is C12H11FN2O3. The van der Waals surface area contributed by atoms with Crippen molar-refractivity contribution in [3.05, 3.63) is 29.6 Å². The maximum Gasteiger partial charge on any atom is 0.340 e. The van der Waals surface area contributed by atoms with E-state index in [0.717, 1.165) is 11.0 Å². The molecule has 0 saturated heterocycles. The summed E-state index contributed by atoms with van der Waals surface area (Å²) in [6.45, 7) is 0.0591. The fourth-order valence-corrected chi connectivity index (χ4v) is 1.27. The Bertz CT molecular complexity index is 523. The maximum atomic E-state index is 13.3. The predicted octanol–water partition coefficient (Wildman–Crippen LogP) is 1.62. The summed E-state index contributed by atoms with van der Waals surface area (Å²) in [5.41, 5.74) is -0.698. The molecule has 1 aromatic carbocycles. The zero-order chi connectivity index (χ0) is 13.7. The summed E-state index contributed by atoms with van der Waals surface area (Å²) < 4.78 is 13.3. The number of hydrogen-bond acceptors (Lipinski definition) is 2. The van der Waals surface area contributed by atoms with Crippen LogP contribution in [-0.2, 0) is 0 Å². The molecule has 1 rings (SSSR count). The Morgan fingerprint density at radius 1 is 1.56 bits per heavy atom. The van der Waals surface area contributed by atoms with E-state index in [1.165, 1.54) is 19.2 Å². The van der Waals surface area contributed by atoms with Crippen LogP contribution in [0.4, 0.5) is 14.9 Å². The number of carboxylic acid groups (broad SMARTS) is 1. The van der Waals surface area contributed by atoms with Crippen molar-refractivity contribution in [2.24, 2.45) is 0 Å². The summed E-state index contributed by atoms with van der Waals surface area (Å²) in [5.74, 6) is -0.115. The smallest absolute Gasteiger partial charge is 0.340 e. The normalized spacial score (nSPS) is 9.39. The third-order valence-electron chi connectivity index (χ3n) is 2.14. The van der Waals surface area contributed by atoms with Gasteiger partial charge in [0.2, 0.25) is 0 Å². The number of carbonyl (C=O) groups is 2. The average molecular weight is 250 g/mol. The summed E-state index contributed by atoms with van der Waals surface area (Å²) in [4.78, 5) is 23.6. The van der Waals surface area contributed by atoms with Crippen LogP contribution in [0, 0.1) is 18.2 Å². The van der Waals surface area contributed by atoms with Crippen molar-refractivity contribution in [1.29, 1.82) is 0 Å². The number of carboxylic acids is 1. The van der Waals surface area contributed by atoms with E-state index in [0.29, 0.717) is 0 Å². The lowest BCUT2D eigenvalue weighted by Crippen LogP contribution is -2.32. The number of benzene rings is 1. The Labute approximate surface area is 103 Å². The molecular weight excluding hydrogens is 239 g/mol. The van der Waals surface area contributed by atoms with Gasteiger partial charge in [-0.1, -0.05) is 12.0 Å². The minimum Gasteiger partial charge on any atom is -0.478 e. The van der Waals surface area contributed by atoms with Crippen LogP contribution in [0.3, 0.4) is 0 Å². The molecule has 0 aliphatic heterocycles. The number of rotatable bonds is 3. The molecule has 18 heavy (non-hydrogen) atoms. The first-order valence-electron chi connectivity index (χ1n) is 4.94. The van der Waals surface area contributed by atoms with Gasteiger partial charge in [-0.05, 0) is 12.1 Å². The lowest BCUT2D eigenvalue weighted by atomic mass is 10.1. The molecule has 0 bridgehead atoms. The first-order chi connectivity index (χ1) is 8.47. The quantitative estimate of drug-likeness (QED) is 0.801. The number of urea groups is 1. The van der Waals surface area contributed by atoms with E-state index in [-0.39, 0.29) is 12.2 Å². The van der Waals surface area contributed by atoms with Gasteiger partial charge in [-0.25, -0.2) is 14.0 Å². The molecule has 0 spiro atoms. The number of nitrogens with zero attached hydrogens (tertiary/aromatic N) is 1. The van der Waals surface area contributed by atoms with Gasteiger partial charge < -0.3 is 15.3 Å². The highest BCUT2D eigenvalue weighted by atomic mass is 19.1. The molecule has 1 aromatic rings. The maximum absolute atomic E-state index is 13.3. The second kappa shape index (κ2) is 5.68. The first-order valence-corrected chi connectivity index (χ1v) is 4.94. The fraction of sp³-hybridized carbons (Fsp3) is 0.167. The highest BCUT2D eigenvalue weighted by molar-refractivity contribution is 6.00. The van der Waals surface area contributed by atoms with E-state index in [1.807, 2.05) is 0 Å². The van der Waals surface area contributed by atoms with Crippen LogP contribution in [0.2, 0.25) is 0 Å². The Morgan fingerprint density at radius 3 is 2.78 bits per heavy atom. The number of anilines is 1. The number of aromatic carboxylic acids is 1. The monoisotopic (exact) mass is 250 g/mol. The van der Waals surface area contributed by atoms with Gasteiger partial charge >= 0.3 is 12.0 Å². The van der Waals surface area contributed by atoms with E-state index in [1.54, 1.807) is 0 Å². The standard InChI is InChI=1S/C12H11FN2O3/c1-3-7-15(2)12(18)14-9-6-4-5-8(13)10(9)11(16)17/h1,4-6H,7H2,2H3,(H,14,18)(H,16,17). The first kappa shape index (κ1) is 13.5. The van der Waals surface area contributed by atoms with Gasteiger partial charge in [0, 0.05) is 7.05 Å². The van der Waals surface area contributed by atoms with Gasteiger partial charge in [0.1, 0.15) is 11.4 Å². The summed E-state index contributed by atoms with van der Waals surface area (Å²) >= 11 is 0. The number of terminal acetylenes is 1. The topological polar surface area (TPSA) is 69.6 Å². The van der Waals surface area contributed by atoms with Crippen LogP contribution < -0.4 is 5.32 Å². The Morgan fingerprint density at radius 2 is 2.22 bits per heavy atom. The Kier molecular flexibility index (Phi) is 4.27. The van der Waals surface area contributed by atoms with Gasteiger partial charge in [0.15, 0.2) is 0 Å². The van der Waals surface area contributed by atoms with Gasteiger partial charge in [-0.2, -0.15) is 0 Å². The molecule has 0 saturated carbocycles. The molecule has 0 heterocycles. The molecule has 5 nitrogen and oxygen atoms in total. The molecule has 0 atom stereocenters. The van der Waals surface area contributed by atoms with Crippen LogP contribution in [0.15, 0.2) is 18.2 Å². The van der Waals surface area contributed by atoms with Crippen molar-refractivity contribution in [3.8, 4) is 12.3 Å². The Balaban J connectivity index is 2.99. The van der Waals surface area contributed by atoms with Crippen LogP contribution in [0.5, 0.6) is 0 Å². The molecule has 6 heteroatoms. The third kappa shape index (κ3) is 2.98. The molecule has 2 N–H and O–H groups in total. The lowest BCUT2D eigenvalue weighted by Gasteiger charge is -2.16. The number of nitrogens with one attached hydrogen (secondary N) is 1. The number of halogens is 1. The van der Waals surface area contributed by atoms with Crippen LogP contribution >= 0.6 is 0 Å². The summed E-state index contributed by atoms with van der Waals surface area (Å²) in [6, 6.07) is 3.00. The van der Waals surface area contributed by atoms with E-state index < -0.39 is 23.4 Å². The minimum atomic E-state index is -1.46. The SMILES string of the molecule is C#CCN(C)C(=O)Nc1cccc(F)c1C(=O)O. The fourth-order valence-electron chi connectivity index (χ4n) is 1.27. The zero-order valence-electron chi connectivity index (χ0n) is 9.61. The van der Waals surface area contributed by atoms with Gasteiger partial charge in [-0.3, -0.25) is 0 Å². The average Bonchev–Trinajstić information content (AvgIpc) is 2.28. The third-order valence-corrected chi connectivity index (χ3v) is 2.14. The summed E-state index contributed by atoms with van der Waals surface area (Å²) in [7, 11) is 1.44. The molecule has 0 radical (unpaired) electrons. The molecule has 0 aliphatic rings. The van der Waals surface area contributed by atoms with E-state index in [4.69, 9.17) is 11.5 Å². The van der Waals surface area contributed by atoms with Crippen LogP contribution in [-0.4, -0.2) is 35.6 Å². The zero-order valence-corrected chi connectivity index (χ0v) is 9.61. The van der Waals surface area contributed by atoms with Crippen LogP contribution in [0.25, 0.3) is 0 Å². The van der Waals surface area contributed by atoms with Crippen LogP contribution in [0.1, 0.15) is 10.4 Å². The van der Waals surface area contributed by atoms with Crippen molar-refractivity contribution in [2.45, 2.75) is 0 Å². The largest absolute Gasteiger partial charge is 0.478 e. The lowest BCUT2D eigenvalue weighted by molar-refractivity contribution is 0.0693. The second-order valence-electron chi connectivity index (χ2n) is 3.46. The van der Waals surface area contributed by atoms with E-state index >= 15 is 0 Å². The molecule has 0 aromatic heterocycles. The second-order valence-corrected chi connectivity index (χ2v) is 3.46. The highest BCUT2D eigenvalue weighted by Gasteiger charge is 2.18. The van der Waals surface area contributed by atoms with Crippen molar-refractivity contribution in [2.75, 3.05) is 18.9 Å². The molecule has 2 amide bonds. The molecule has 94 valence electrons. The molecule has 0 fully saturated rings. The molecule has 0 unspecified atom stereocenters. The summed E-state index contributed by atoms with van der Waals surface area (Å²) in [6.07, 6.45) is 5.04. The predicted molar refractivity (Wildman–Crippen MR) is 63.8 cm³/mol. The number of carbonyl (C=O) groups excluding carboxylic acids is 1. The van der Waals surface area contributed by atoms with E-state index in [2.05, 4.69) is 11.2 Å². The number of hydrogen-bond donors (Lipinski definition) is 2. The minimum absolute atomic E-state index is 0.0591.